The van der Waals surface area contributed by atoms with E-state index in [1.165, 1.54) is 0 Å². The number of alkyl halides is 3. The van der Waals surface area contributed by atoms with E-state index in [1.54, 1.807) is 6.92 Å². The molecule has 1 unspecified atom stereocenters. The van der Waals surface area contributed by atoms with Gasteiger partial charge < -0.3 is 0 Å². The molecule has 0 aliphatic heterocycles. The Hall–Kier alpha value is 0.840. The number of rotatable bonds is 2. The monoisotopic (exact) mass is 323 g/mol. The lowest BCUT2D eigenvalue weighted by molar-refractivity contribution is -0.502. The minimum Gasteiger partial charge on any atom is -0.262 e. The van der Waals surface area contributed by atoms with Gasteiger partial charge in [0.1, 0.15) is 4.83 Å². The molecule has 54 valence electrons. The van der Waals surface area contributed by atoms with Gasteiger partial charge in [0.05, 0.1) is 4.92 Å². The van der Waals surface area contributed by atoms with Gasteiger partial charge in [-0.05, 0) is 6.92 Å². The van der Waals surface area contributed by atoms with Crippen LogP contribution in [0.5, 0.6) is 0 Å². The first-order valence-corrected chi connectivity index (χ1v) is 4.55. The summed E-state index contributed by atoms with van der Waals surface area (Å²) >= 11 is 8.82. The van der Waals surface area contributed by atoms with Crippen LogP contribution in [0.2, 0.25) is 0 Å². The average Bonchev–Trinajstić information content (AvgIpc) is 1.65. The van der Waals surface area contributed by atoms with E-state index in [0.29, 0.717) is 0 Å². The van der Waals surface area contributed by atoms with Crippen molar-refractivity contribution in [1.29, 1.82) is 0 Å². The van der Waals surface area contributed by atoms with Gasteiger partial charge in [-0.25, -0.2) is 0 Å². The van der Waals surface area contributed by atoms with Crippen LogP contribution in [0.15, 0.2) is 0 Å². The van der Waals surface area contributed by atoms with Crippen molar-refractivity contribution in [2.24, 2.45) is 0 Å². The van der Waals surface area contributed by atoms with Crippen molar-refractivity contribution in [2.75, 3.05) is 0 Å². The van der Waals surface area contributed by atoms with Crippen molar-refractivity contribution in [3.8, 4) is 0 Å². The third kappa shape index (κ3) is 2.51. The van der Waals surface area contributed by atoms with Crippen molar-refractivity contribution >= 4 is 47.8 Å². The molecule has 0 spiro atoms. The molecule has 0 aromatic rings. The van der Waals surface area contributed by atoms with Gasteiger partial charge in [-0.1, -0.05) is 15.9 Å². The summed E-state index contributed by atoms with van der Waals surface area (Å²) in [7, 11) is 0. The first-order chi connectivity index (χ1) is 3.89. The molecular weight excluding hydrogens is 322 g/mol. The van der Waals surface area contributed by atoms with Crippen LogP contribution in [-0.4, -0.2) is 13.1 Å². The minimum absolute atomic E-state index is 0.264. The molecule has 0 saturated heterocycles. The van der Waals surface area contributed by atoms with Crippen LogP contribution in [0.25, 0.3) is 0 Å². The lowest BCUT2D eigenvalue weighted by atomic mass is 10.5. The normalized spacial score (nSPS) is 15.1. The van der Waals surface area contributed by atoms with Gasteiger partial charge in [-0.15, -0.1) is 0 Å². The van der Waals surface area contributed by atoms with Crippen LogP contribution >= 0.6 is 47.8 Å². The van der Waals surface area contributed by atoms with Crippen molar-refractivity contribution in [1.82, 2.24) is 0 Å². The van der Waals surface area contributed by atoms with Crippen LogP contribution in [0.3, 0.4) is 0 Å². The van der Waals surface area contributed by atoms with Crippen LogP contribution in [0.4, 0.5) is 0 Å². The van der Waals surface area contributed by atoms with Crippen LogP contribution in [-0.2, 0) is 0 Å². The Labute approximate surface area is 77.7 Å². The maximum absolute atomic E-state index is 10.1. The van der Waals surface area contributed by atoms with E-state index in [2.05, 4.69) is 47.8 Å². The number of halogens is 3. The van der Waals surface area contributed by atoms with Crippen molar-refractivity contribution in [3.05, 3.63) is 10.1 Å². The van der Waals surface area contributed by atoms with Crippen molar-refractivity contribution in [3.63, 3.8) is 0 Å². The number of hydrogen-bond donors (Lipinski definition) is 0. The molecular formula is C3H4Br3NO2. The summed E-state index contributed by atoms with van der Waals surface area (Å²) in [6, 6.07) is 0. The van der Waals surface area contributed by atoms with E-state index in [-0.39, 0.29) is 4.83 Å². The second-order valence-electron chi connectivity index (χ2n) is 1.46. The highest BCUT2D eigenvalue weighted by molar-refractivity contribution is 9.26. The van der Waals surface area contributed by atoms with E-state index < -0.39 is 8.28 Å². The first-order valence-electron chi connectivity index (χ1n) is 2.05. The Kier molecular flexibility index (Phi) is 3.60. The maximum atomic E-state index is 10.1. The van der Waals surface area contributed by atoms with E-state index in [0.717, 1.165) is 0 Å². The Morgan fingerprint density at radius 3 is 2.00 bits per heavy atom. The molecule has 0 N–H and O–H groups in total. The maximum Gasteiger partial charge on any atom is 0.338 e. The molecule has 3 nitrogen and oxygen atoms in total. The summed E-state index contributed by atoms with van der Waals surface area (Å²) < 4.78 is -1.24. The molecule has 0 saturated carbocycles. The van der Waals surface area contributed by atoms with Gasteiger partial charge >= 0.3 is 3.36 Å². The summed E-state index contributed by atoms with van der Waals surface area (Å²) in [4.78, 5) is 9.43. The second kappa shape index (κ2) is 3.30. The minimum atomic E-state index is -1.24. The quantitative estimate of drug-likeness (QED) is 0.339. The van der Waals surface area contributed by atoms with Gasteiger partial charge in [0.2, 0.25) is 0 Å². The lowest BCUT2D eigenvalue weighted by Crippen LogP contribution is -2.31. The first kappa shape index (κ1) is 9.84. The summed E-state index contributed by atoms with van der Waals surface area (Å²) in [5.41, 5.74) is 0. The average molecular weight is 326 g/mol. The predicted octanol–water partition coefficient (Wildman–Crippen LogP) is 2.49. The van der Waals surface area contributed by atoms with Crippen LogP contribution in [0, 0.1) is 10.1 Å². The third-order valence-electron chi connectivity index (χ3n) is 0.722. The molecule has 0 aliphatic rings. The topological polar surface area (TPSA) is 43.1 Å². The fourth-order valence-corrected chi connectivity index (χ4v) is 0.312. The summed E-state index contributed by atoms with van der Waals surface area (Å²) in [6.07, 6.45) is 0. The zero-order valence-corrected chi connectivity index (χ0v) is 9.23. The predicted molar refractivity (Wildman–Crippen MR) is 46.0 cm³/mol. The van der Waals surface area contributed by atoms with Gasteiger partial charge in [0.25, 0.3) is 0 Å². The Balaban J connectivity index is 4.19. The molecule has 0 amide bonds. The fraction of sp³-hybridized carbons (Fsp3) is 1.00. The SMILES string of the molecule is CC(Br)C(Br)(Br)[N+](=O)[O-]. The van der Waals surface area contributed by atoms with Gasteiger partial charge in [-0.3, -0.25) is 10.1 Å². The van der Waals surface area contributed by atoms with E-state index in [9.17, 15) is 10.1 Å². The number of nitrogens with zero attached hydrogens (tertiary/aromatic N) is 1. The molecule has 0 bridgehead atoms. The van der Waals surface area contributed by atoms with Gasteiger partial charge in [0.15, 0.2) is 0 Å². The van der Waals surface area contributed by atoms with Crippen LogP contribution < -0.4 is 0 Å². The van der Waals surface area contributed by atoms with E-state index >= 15 is 0 Å². The number of nitro groups is 1. The molecule has 0 rings (SSSR count). The third-order valence-corrected chi connectivity index (χ3v) is 4.57. The molecule has 0 aromatic carbocycles. The molecule has 0 aromatic heterocycles. The molecule has 6 heteroatoms. The standard InChI is InChI=1S/C3H4Br3NO2/c1-2(4)3(5,6)7(8)9/h2H,1H3. The molecule has 0 aliphatic carbocycles. The Bertz CT molecular complexity index is 124. The molecule has 1 atom stereocenters. The van der Waals surface area contributed by atoms with Crippen molar-refractivity contribution < 1.29 is 4.92 Å². The van der Waals surface area contributed by atoms with E-state index in [1.807, 2.05) is 0 Å². The molecule has 9 heavy (non-hydrogen) atoms. The van der Waals surface area contributed by atoms with Crippen LogP contribution in [0.1, 0.15) is 6.92 Å². The van der Waals surface area contributed by atoms with Gasteiger partial charge in [0, 0.05) is 31.9 Å². The molecule has 0 radical (unpaired) electrons. The highest BCUT2D eigenvalue weighted by Crippen LogP contribution is 2.34. The Morgan fingerprint density at radius 1 is 1.67 bits per heavy atom. The highest BCUT2D eigenvalue weighted by Gasteiger charge is 2.41. The summed E-state index contributed by atoms with van der Waals surface area (Å²) in [6.45, 7) is 1.67. The zero-order valence-electron chi connectivity index (χ0n) is 4.47. The zero-order chi connectivity index (χ0) is 7.65. The van der Waals surface area contributed by atoms with E-state index in [4.69, 9.17) is 0 Å². The van der Waals surface area contributed by atoms with Crippen molar-refractivity contribution in [2.45, 2.75) is 15.1 Å². The number of hydrogen-bond acceptors (Lipinski definition) is 2. The fourth-order valence-electron chi connectivity index (χ4n) is 0.145. The summed E-state index contributed by atoms with van der Waals surface area (Å²) in [5.74, 6) is 0. The van der Waals surface area contributed by atoms with Gasteiger partial charge in [-0.2, -0.15) is 0 Å². The smallest absolute Gasteiger partial charge is 0.262 e. The second-order valence-corrected chi connectivity index (χ2v) is 6.32. The Morgan fingerprint density at radius 2 is 2.00 bits per heavy atom. The lowest BCUT2D eigenvalue weighted by Gasteiger charge is -2.12. The summed E-state index contributed by atoms with van der Waals surface area (Å²) in [5, 5.41) is 10.1. The highest BCUT2D eigenvalue weighted by atomic mass is 79.9. The molecule has 0 heterocycles. The molecule has 0 fully saturated rings. The largest absolute Gasteiger partial charge is 0.338 e.